The van der Waals surface area contributed by atoms with E-state index >= 15 is 0 Å². The van der Waals surface area contributed by atoms with E-state index in [2.05, 4.69) is 15.5 Å². The van der Waals surface area contributed by atoms with Crippen LogP contribution in [0.3, 0.4) is 0 Å². The maximum Gasteiger partial charge on any atom is 0.318 e. The fourth-order valence-corrected chi connectivity index (χ4v) is 4.04. The number of carbonyl (C=O) groups is 2. The van der Waals surface area contributed by atoms with E-state index in [-0.39, 0.29) is 24.5 Å². The summed E-state index contributed by atoms with van der Waals surface area (Å²) < 4.78 is 0. The van der Waals surface area contributed by atoms with Crippen LogP contribution in [-0.2, 0) is 11.2 Å². The summed E-state index contributed by atoms with van der Waals surface area (Å²) in [5.74, 6) is -0.851. The molecule has 2 amide bonds. The second-order valence-corrected chi connectivity index (χ2v) is 7.47. The number of hydrogen-bond acceptors (Lipinski definition) is 3. The highest BCUT2D eigenvalue weighted by molar-refractivity contribution is 5.76. The molecule has 1 aliphatic rings. The monoisotopic (exact) mass is 384 g/mol. The van der Waals surface area contributed by atoms with Gasteiger partial charge in [0, 0.05) is 30.3 Å². The van der Waals surface area contributed by atoms with E-state index in [9.17, 15) is 9.59 Å². The number of aliphatic carboxylic acids is 1. The third-order valence-electron chi connectivity index (χ3n) is 5.39. The lowest BCUT2D eigenvalue weighted by Crippen LogP contribution is -2.45. The molecule has 28 heavy (non-hydrogen) atoms. The van der Waals surface area contributed by atoms with Crippen molar-refractivity contribution in [1.82, 2.24) is 20.4 Å². The van der Waals surface area contributed by atoms with Crippen molar-refractivity contribution in [3.8, 4) is 0 Å². The van der Waals surface area contributed by atoms with Gasteiger partial charge >= 0.3 is 12.0 Å². The number of aromatic amines is 1. The Labute approximate surface area is 165 Å². The zero-order valence-corrected chi connectivity index (χ0v) is 16.4. The number of carbonyl (C=O) groups excluding carboxylic acids is 1. The summed E-state index contributed by atoms with van der Waals surface area (Å²) in [6.45, 7) is 4.63. The second-order valence-electron chi connectivity index (χ2n) is 7.47. The number of nitrogens with zero attached hydrogens (tertiary/aromatic N) is 2. The first-order valence-corrected chi connectivity index (χ1v) is 9.80. The highest BCUT2D eigenvalue weighted by Crippen LogP contribution is 2.34. The van der Waals surface area contributed by atoms with Gasteiger partial charge in [-0.2, -0.15) is 5.10 Å². The molecule has 150 valence electrons. The number of hydrogen-bond donors (Lipinski definition) is 3. The number of urea groups is 1. The van der Waals surface area contributed by atoms with Gasteiger partial charge in [-0.3, -0.25) is 9.89 Å². The average molecular weight is 384 g/mol. The third kappa shape index (κ3) is 4.71. The van der Waals surface area contributed by atoms with Crippen LogP contribution in [0.1, 0.15) is 54.2 Å². The molecule has 2 aromatic rings. The van der Waals surface area contributed by atoms with Crippen molar-refractivity contribution in [3.63, 3.8) is 0 Å². The first-order valence-electron chi connectivity index (χ1n) is 9.80. The van der Waals surface area contributed by atoms with Gasteiger partial charge in [0.05, 0.1) is 11.7 Å². The molecule has 7 nitrogen and oxygen atoms in total. The normalized spacial score (nSPS) is 17.5. The van der Waals surface area contributed by atoms with Crippen LogP contribution in [0.4, 0.5) is 4.79 Å². The van der Waals surface area contributed by atoms with Gasteiger partial charge in [-0.25, -0.2) is 4.79 Å². The number of carboxylic acid groups (broad SMARTS) is 1. The van der Waals surface area contributed by atoms with Crippen LogP contribution in [0.15, 0.2) is 30.3 Å². The van der Waals surface area contributed by atoms with Gasteiger partial charge in [0.15, 0.2) is 0 Å². The molecule has 3 rings (SSSR count). The predicted octanol–water partition coefficient (Wildman–Crippen LogP) is 3.35. The smallest absolute Gasteiger partial charge is 0.318 e. The molecule has 2 atom stereocenters. The Kier molecular flexibility index (Phi) is 6.34. The Hall–Kier alpha value is -2.83. The van der Waals surface area contributed by atoms with Crippen LogP contribution < -0.4 is 5.32 Å². The number of rotatable bonds is 7. The number of aromatic nitrogens is 2. The van der Waals surface area contributed by atoms with Crippen LogP contribution >= 0.6 is 0 Å². The van der Waals surface area contributed by atoms with E-state index in [4.69, 9.17) is 5.11 Å². The zero-order valence-electron chi connectivity index (χ0n) is 16.4. The molecular weight excluding hydrogens is 356 g/mol. The van der Waals surface area contributed by atoms with E-state index in [1.54, 1.807) is 0 Å². The number of nitrogens with one attached hydrogen (secondary N) is 2. The highest BCUT2D eigenvalue weighted by Gasteiger charge is 2.33. The van der Waals surface area contributed by atoms with Crippen molar-refractivity contribution in [3.05, 3.63) is 52.8 Å². The summed E-state index contributed by atoms with van der Waals surface area (Å²) in [5.41, 5.74) is 4.10. The van der Waals surface area contributed by atoms with Gasteiger partial charge in [-0.1, -0.05) is 30.3 Å². The molecule has 0 saturated carbocycles. The average Bonchev–Trinajstić information content (AvgIpc) is 3.26. The number of carboxylic acids is 1. The van der Waals surface area contributed by atoms with Crippen LogP contribution in [0.25, 0.3) is 0 Å². The Morgan fingerprint density at radius 3 is 2.71 bits per heavy atom. The van der Waals surface area contributed by atoms with E-state index in [1.807, 2.05) is 49.1 Å². The molecule has 2 heterocycles. The maximum absolute atomic E-state index is 13.1. The fourth-order valence-electron chi connectivity index (χ4n) is 4.04. The van der Waals surface area contributed by atoms with E-state index in [1.165, 1.54) is 0 Å². The van der Waals surface area contributed by atoms with Gasteiger partial charge in [0.25, 0.3) is 0 Å². The highest BCUT2D eigenvalue weighted by atomic mass is 16.4. The van der Waals surface area contributed by atoms with Crippen molar-refractivity contribution >= 4 is 12.0 Å². The minimum atomic E-state index is -0.851. The number of likely N-dealkylation sites (tertiary alicyclic amines) is 1. The van der Waals surface area contributed by atoms with E-state index in [0.29, 0.717) is 19.4 Å². The predicted molar refractivity (Wildman–Crippen MR) is 106 cm³/mol. The standard InChI is InChI=1S/C21H28N4O3/c1-14-20(15(2)24-23-14)18-9-6-12-25(18)21(28)22-17(10-11-19(26)27)13-16-7-4-3-5-8-16/h3-5,7-8,17-18H,6,9-13H2,1-2H3,(H,22,28)(H,23,24)(H,26,27). The molecular formula is C21H28N4O3. The van der Waals surface area contributed by atoms with Crippen LogP contribution in [0, 0.1) is 13.8 Å². The number of H-pyrrole nitrogens is 1. The van der Waals surface area contributed by atoms with Gasteiger partial charge in [-0.05, 0) is 45.1 Å². The summed E-state index contributed by atoms with van der Waals surface area (Å²) in [6.07, 6.45) is 2.90. The summed E-state index contributed by atoms with van der Waals surface area (Å²) in [6, 6.07) is 9.49. The van der Waals surface area contributed by atoms with E-state index in [0.717, 1.165) is 35.4 Å². The first-order chi connectivity index (χ1) is 13.5. The minimum absolute atomic E-state index is 0.00981. The molecule has 3 N–H and O–H groups in total. The lowest BCUT2D eigenvalue weighted by atomic mass is 10.0. The molecule has 1 saturated heterocycles. The number of aryl methyl sites for hydroxylation is 2. The lowest BCUT2D eigenvalue weighted by molar-refractivity contribution is -0.137. The van der Waals surface area contributed by atoms with Gasteiger partial charge in [0.2, 0.25) is 0 Å². The van der Waals surface area contributed by atoms with Crippen LogP contribution in [-0.4, -0.2) is 44.8 Å². The largest absolute Gasteiger partial charge is 0.481 e. The molecule has 1 aliphatic heterocycles. The summed E-state index contributed by atoms with van der Waals surface area (Å²) in [4.78, 5) is 26.0. The lowest BCUT2D eigenvalue weighted by Gasteiger charge is -2.28. The maximum atomic E-state index is 13.1. The first kappa shape index (κ1) is 19.9. The molecule has 1 fully saturated rings. The summed E-state index contributed by atoms with van der Waals surface area (Å²) in [5, 5.41) is 19.4. The fraction of sp³-hybridized carbons (Fsp3) is 0.476. The quantitative estimate of drug-likeness (QED) is 0.682. The topological polar surface area (TPSA) is 98.3 Å². The Morgan fingerprint density at radius 1 is 1.32 bits per heavy atom. The van der Waals surface area contributed by atoms with Crippen molar-refractivity contribution in [2.45, 2.75) is 58.0 Å². The summed E-state index contributed by atoms with van der Waals surface area (Å²) >= 11 is 0. The summed E-state index contributed by atoms with van der Waals surface area (Å²) in [7, 11) is 0. The van der Waals surface area contributed by atoms with Crippen LogP contribution in [0.2, 0.25) is 0 Å². The second kappa shape index (κ2) is 8.91. The molecule has 0 spiro atoms. The molecule has 1 aromatic heterocycles. The Morgan fingerprint density at radius 2 is 2.07 bits per heavy atom. The third-order valence-corrected chi connectivity index (χ3v) is 5.39. The minimum Gasteiger partial charge on any atom is -0.481 e. The van der Waals surface area contributed by atoms with Crippen LogP contribution in [0.5, 0.6) is 0 Å². The van der Waals surface area contributed by atoms with Gasteiger partial charge in [-0.15, -0.1) is 0 Å². The Balaban J connectivity index is 1.72. The molecule has 2 unspecified atom stereocenters. The zero-order chi connectivity index (χ0) is 20.1. The number of benzene rings is 1. The molecule has 1 aromatic carbocycles. The van der Waals surface area contributed by atoms with Crippen molar-refractivity contribution in [2.75, 3.05) is 6.54 Å². The van der Waals surface area contributed by atoms with Gasteiger partial charge < -0.3 is 15.3 Å². The molecule has 0 aliphatic carbocycles. The van der Waals surface area contributed by atoms with Crippen molar-refractivity contribution in [1.29, 1.82) is 0 Å². The van der Waals surface area contributed by atoms with Gasteiger partial charge in [0.1, 0.15) is 0 Å². The SMILES string of the molecule is Cc1n[nH]c(C)c1C1CCCN1C(=O)NC(CCC(=O)O)Cc1ccccc1. The molecule has 7 heteroatoms. The molecule has 0 bridgehead atoms. The molecule has 0 radical (unpaired) electrons. The van der Waals surface area contributed by atoms with E-state index < -0.39 is 5.97 Å². The van der Waals surface area contributed by atoms with Crippen molar-refractivity contribution in [2.24, 2.45) is 0 Å². The number of amides is 2. The Bertz CT molecular complexity index is 799. The van der Waals surface area contributed by atoms with Crippen molar-refractivity contribution < 1.29 is 14.7 Å².